The molecule has 7 nitrogen and oxygen atoms in total. The molecule has 19 heavy (non-hydrogen) atoms. The van der Waals surface area contributed by atoms with Gasteiger partial charge in [0.2, 0.25) is 0 Å². The maximum Gasteiger partial charge on any atom is 0.331 e. The number of H-pyrrole nitrogens is 1. The summed E-state index contributed by atoms with van der Waals surface area (Å²) < 4.78 is 5.24. The molecule has 2 heterocycles. The highest BCUT2D eigenvalue weighted by Gasteiger charge is 2.44. The van der Waals surface area contributed by atoms with E-state index < -0.39 is 17.4 Å². The van der Waals surface area contributed by atoms with Crippen LogP contribution >= 0.6 is 15.9 Å². The summed E-state index contributed by atoms with van der Waals surface area (Å²) in [5.41, 5.74) is -1.60. The van der Waals surface area contributed by atoms with Gasteiger partial charge in [0.25, 0.3) is 11.5 Å². The van der Waals surface area contributed by atoms with Crippen LogP contribution < -0.4 is 10.9 Å². The number of carboxylic acid groups (broad SMARTS) is 1. The minimum Gasteiger partial charge on any atom is -0.479 e. The molecule has 1 fully saturated rings. The number of carboxylic acids is 1. The first-order chi connectivity index (χ1) is 8.94. The van der Waals surface area contributed by atoms with E-state index in [0.29, 0.717) is 0 Å². The Bertz CT molecular complexity index is 577. The molecule has 0 radical (unpaired) electrons. The Morgan fingerprint density at radius 2 is 2.26 bits per heavy atom. The van der Waals surface area contributed by atoms with Crippen LogP contribution in [0.2, 0.25) is 0 Å². The van der Waals surface area contributed by atoms with Gasteiger partial charge in [-0.2, -0.15) is 0 Å². The molecule has 8 heteroatoms. The first-order valence-electron chi connectivity index (χ1n) is 5.46. The van der Waals surface area contributed by atoms with Crippen LogP contribution in [0, 0.1) is 0 Å². The van der Waals surface area contributed by atoms with Crippen molar-refractivity contribution in [2.45, 2.75) is 12.0 Å². The summed E-state index contributed by atoms with van der Waals surface area (Å²) >= 11 is 3.00. The van der Waals surface area contributed by atoms with Crippen LogP contribution in [-0.4, -0.2) is 40.7 Å². The summed E-state index contributed by atoms with van der Waals surface area (Å²) in [6, 6.07) is 1.33. The average Bonchev–Trinajstić information content (AvgIpc) is 2.82. The molecule has 102 valence electrons. The molecule has 1 saturated heterocycles. The Morgan fingerprint density at radius 3 is 2.79 bits per heavy atom. The number of nitrogens with one attached hydrogen (secondary N) is 2. The van der Waals surface area contributed by atoms with Crippen molar-refractivity contribution in [2.75, 3.05) is 13.2 Å². The number of pyridine rings is 1. The van der Waals surface area contributed by atoms with Crippen LogP contribution in [0.5, 0.6) is 0 Å². The van der Waals surface area contributed by atoms with E-state index in [4.69, 9.17) is 4.74 Å². The van der Waals surface area contributed by atoms with E-state index >= 15 is 0 Å². The smallest absolute Gasteiger partial charge is 0.331 e. The van der Waals surface area contributed by atoms with Crippen molar-refractivity contribution in [3.8, 4) is 0 Å². The van der Waals surface area contributed by atoms with Gasteiger partial charge in [0.15, 0.2) is 5.54 Å². The molecule has 1 aromatic rings. The second kappa shape index (κ2) is 5.14. The summed E-state index contributed by atoms with van der Waals surface area (Å²) in [6.45, 7) is 0.209. The van der Waals surface area contributed by atoms with Gasteiger partial charge < -0.3 is 20.1 Å². The quantitative estimate of drug-likeness (QED) is 0.729. The Hall–Kier alpha value is -1.67. The van der Waals surface area contributed by atoms with Crippen molar-refractivity contribution < 1.29 is 19.4 Å². The van der Waals surface area contributed by atoms with Gasteiger partial charge >= 0.3 is 5.97 Å². The Kier molecular flexibility index (Phi) is 3.72. The highest BCUT2D eigenvalue weighted by molar-refractivity contribution is 9.10. The van der Waals surface area contributed by atoms with Crippen LogP contribution in [0.15, 0.2) is 21.5 Å². The molecule has 1 unspecified atom stereocenters. The van der Waals surface area contributed by atoms with Crippen LogP contribution in [-0.2, 0) is 9.53 Å². The maximum absolute atomic E-state index is 12.0. The number of ether oxygens (including phenoxy) is 1. The number of carbonyl (C=O) groups excluding carboxylic acids is 1. The number of aromatic amines is 1. The van der Waals surface area contributed by atoms with Crippen LogP contribution in [0.3, 0.4) is 0 Å². The van der Waals surface area contributed by atoms with Crippen molar-refractivity contribution in [3.63, 3.8) is 0 Å². The molecule has 0 bridgehead atoms. The zero-order chi connectivity index (χ0) is 14.0. The molecule has 0 spiro atoms. The lowest BCUT2D eigenvalue weighted by atomic mass is 9.98. The fourth-order valence-corrected chi connectivity index (χ4v) is 2.12. The number of amides is 1. The average molecular weight is 331 g/mol. The SMILES string of the molecule is O=C(NC1(C(=O)O)CCOC1)c1c[nH]c(=O)c(Br)c1. The lowest BCUT2D eigenvalue weighted by molar-refractivity contribution is -0.144. The maximum atomic E-state index is 12.0. The third-order valence-electron chi connectivity index (χ3n) is 2.90. The van der Waals surface area contributed by atoms with Gasteiger partial charge in [-0.25, -0.2) is 4.79 Å². The fraction of sp³-hybridized carbons (Fsp3) is 0.364. The Labute approximate surface area is 116 Å². The lowest BCUT2D eigenvalue weighted by Crippen LogP contribution is -2.55. The third-order valence-corrected chi connectivity index (χ3v) is 3.49. The molecular formula is C11H11BrN2O5. The standard InChI is InChI=1S/C11H11BrN2O5/c12-7-3-6(4-13-9(7)16)8(15)14-11(10(17)18)1-2-19-5-11/h3-4H,1-2,5H2,(H,13,16)(H,14,15)(H,17,18). The monoisotopic (exact) mass is 330 g/mol. The molecule has 1 amide bonds. The second-order valence-electron chi connectivity index (χ2n) is 4.21. The van der Waals surface area contributed by atoms with Crippen LogP contribution in [0.1, 0.15) is 16.8 Å². The van der Waals surface area contributed by atoms with E-state index in [1.165, 1.54) is 12.3 Å². The molecule has 0 aromatic carbocycles. The van der Waals surface area contributed by atoms with Crippen molar-refractivity contribution in [2.24, 2.45) is 0 Å². The lowest BCUT2D eigenvalue weighted by Gasteiger charge is -2.23. The molecule has 1 atom stereocenters. The summed E-state index contributed by atoms with van der Waals surface area (Å²) in [4.78, 5) is 36.8. The number of hydrogen-bond donors (Lipinski definition) is 3. The van der Waals surface area contributed by atoms with Gasteiger partial charge in [-0.15, -0.1) is 0 Å². The Balaban J connectivity index is 2.22. The van der Waals surface area contributed by atoms with Crippen molar-refractivity contribution in [1.29, 1.82) is 0 Å². The van der Waals surface area contributed by atoms with Crippen molar-refractivity contribution in [3.05, 3.63) is 32.7 Å². The van der Waals surface area contributed by atoms with Crippen LogP contribution in [0.25, 0.3) is 0 Å². The predicted molar refractivity (Wildman–Crippen MR) is 68.0 cm³/mol. The van der Waals surface area contributed by atoms with Gasteiger partial charge in [0.05, 0.1) is 16.6 Å². The molecule has 1 aliphatic rings. The van der Waals surface area contributed by atoms with E-state index in [0.717, 1.165) is 0 Å². The number of aromatic nitrogens is 1. The molecule has 3 N–H and O–H groups in total. The molecule has 0 aliphatic carbocycles. The molecule has 1 aromatic heterocycles. The number of aliphatic carboxylic acids is 1. The zero-order valence-electron chi connectivity index (χ0n) is 9.73. The minimum atomic E-state index is -1.40. The van der Waals surface area contributed by atoms with E-state index in [9.17, 15) is 19.5 Å². The highest BCUT2D eigenvalue weighted by Crippen LogP contribution is 2.19. The van der Waals surface area contributed by atoms with E-state index in [-0.39, 0.29) is 35.2 Å². The van der Waals surface area contributed by atoms with E-state index in [2.05, 4.69) is 26.2 Å². The van der Waals surface area contributed by atoms with Crippen LogP contribution in [0.4, 0.5) is 0 Å². The first-order valence-corrected chi connectivity index (χ1v) is 6.26. The topological polar surface area (TPSA) is 108 Å². The second-order valence-corrected chi connectivity index (χ2v) is 5.06. The fourth-order valence-electron chi connectivity index (χ4n) is 1.76. The van der Waals surface area contributed by atoms with Gasteiger partial charge in [-0.3, -0.25) is 9.59 Å². The zero-order valence-corrected chi connectivity index (χ0v) is 11.3. The van der Waals surface area contributed by atoms with Crippen molar-refractivity contribution in [1.82, 2.24) is 10.3 Å². The summed E-state index contributed by atoms with van der Waals surface area (Å²) in [6.07, 6.45) is 1.44. The van der Waals surface area contributed by atoms with Gasteiger partial charge in [-0.1, -0.05) is 0 Å². The van der Waals surface area contributed by atoms with Gasteiger partial charge in [0, 0.05) is 19.2 Å². The number of carbonyl (C=O) groups is 2. The third kappa shape index (κ3) is 2.69. The van der Waals surface area contributed by atoms with Gasteiger partial charge in [-0.05, 0) is 22.0 Å². The molecule has 2 rings (SSSR count). The predicted octanol–water partition coefficient (Wildman–Crippen LogP) is 0.111. The largest absolute Gasteiger partial charge is 0.479 e. The molecule has 0 saturated carbocycles. The van der Waals surface area contributed by atoms with Crippen molar-refractivity contribution >= 4 is 27.8 Å². The minimum absolute atomic E-state index is 0.0708. The molecule has 1 aliphatic heterocycles. The number of halogens is 1. The highest BCUT2D eigenvalue weighted by atomic mass is 79.9. The first kappa shape index (κ1) is 13.8. The Morgan fingerprint density at radius 1 is 1.53 bits per heavy atom. The molecular weight excluding hydrogens is 320 g/mol. The number of hydrogen-bond acceptors (Lipinski definition) is 4. The van der Waals surface area contributed by atoms with Gasteiger partial charge in [0.1, 0.15) is 0 Å². The summed E-state index contributed by atoms with van der Waals surface area (Å²) in [7, 11) is 0. The summed E-state index contributed by atoms with van der Waals surface area (Å²) in [5, 5.41) is 11.6. The normalized spacial score (nSPS) is 22.2. The number of rotatable bonds is 3. The van der Waals surface area contributed by atoms with E-state index in [1.807, 2.05) is 0 Å². The van der Waals surface area contributed by atoms with E-state index in [1.54, 1.807) is 0 Å². The summed E-state index contributed by atoms with van der Waals surface area (Å²) in [5.74, 6) is -1.72.